The average Bonchev–Trinajstić information content (AvgIpc) is 2.02. The summed E-state index contributed by atoms with van der Waals surface area (Å²) in [4.78, 5) is 10.6. The topological polar surface area (TPSA) is 72.5 Å². The van der Waals surface area contributed by atoms with Gasteiger partial charge in [-0.25, -0.2) is 0 Å². The molecule has 1 amide bonds. The Morgan fingerprint density at radius 1 is 1.46 bits per heavy atom. The number of amides is 1. The van der Waals surface area contributed by atoms with Gasteiger partial charge in [0.2, 0.25) is 0 Å². The Hall–Kier alpha value is -0.140. The van der Waals surface area contributed by atoms with Crippen LogP contribution in [0.4, 0.5) is 0 Å². The minimum absolute atomic E-state index is 0. The second-order valence-corrected chi connectivity index (χ2v) is 3.25. The monoisotopic (exact) mass is 215 g/mol. The van der Waals surface area contributed by atoms with Gasteiger partial charge in [-0.15, -0.1) is 0 Å². The summed E-state index contributed by atoms with van der Waals surface area (Å²) in [5.74, 6) is -0.588. The molecule has 13 heavy (non-hydrogen) atoms. The Morgan fingerprint density at radius 2 is 2.00 bits per heavy atom. The van der Waals surface area contributed by atoms with Crippen LogP contribution in [-0.2, 0) is 19.1 Å². The molecule has 0 aliphatic heterocycles. The van der Waals surface area contributed by atoms with E-state index < -0.39 is 22.6 Å². The molecule has 1 N–H and O–H groups in total. The second-order valence-electron chi connectivity index (χ2n) is 1.69. The molecule has 0 spiro atoms. The van der Waals surface area contributed by atoms with Crippen molar-refractivity contribution in [2.24, 2.45) is 0 Å². The van der Waals surface area contributed by atoms with Crippen LogP contribution in [0.2, 0.25) is 0 Å². The van der Waals surface area contributed by atoms with E-state index in [1.165, 1.54) is 0 Å². The number of hydrogen-bond acceptors (Lipinski definition) is 4. The molecule has 0 fully saturated rings. The maximum absolute atomic E-state index is 10.6. The summed E-state index contributed by atoms with van der Waals surface area (Å²) in [6, 6.07) is 0. The van der Waals surface area contributed by atoms with E-state index in [2.05, 4.69) is 22.7 Å². The Morgan fingerprint density at radius 3 is 2.38 bits per heavy atom. The fourth-order valence-corrected chi connectivity index (χ4v) is 0.707. The third-order valence-corrected chi connectivity index (χ3v) is 1.68. The number of carbonyl (C=O) groups excluding carboxylic acids is 1. The van der Waals surface area contributed by atoms with Crippen LogP contribution in [0, 0.1) is 0 Å². The average molecular weight is 215 g/mol. The van der Waals surface area contributed by atoms with Gasteiger partial charge < -0.3 is 5.32 Å². The normalized spacial score (nSPS) is 9.54. The van der Waals surface area contributed by atoms with E-state index in [1.54, 1.807) is 0 Å². The second kappa shape index (κ2) is 7.28. The van der Waals surface area contributed by atoms with Crippen molar-refractivity contribution in [2.75, 3.05) is 6.61 Å². The van der Waals surface area contributed by atoms with E-state index in [-0.39, 0.29) is 29.6 Å². The fraction of sp³-hybridized carbons (Fsp3) is 0.167. The van der Waals surface area contributed by atoms with E-state index in [1.807, 2.05) is 0 Å². The molecule has 7 heteroatoms. The van der Waals surface area contributed by atoms with E-state index in [4.69, 9.17) is 0 Å². The molecule has 0 saturated heterocycles. The first-order chi connectivity index (χ1) is 5.52. The van der Waals surface area contributed by atoms with Crippen LogP contribution >= 0.6 is 0 Å². The van der Waals surface area contributed by atoms with Crippen LogP contribution in [0.25, 0.3) is 0 Å². The van der Waals surface area contributed by atoms with Crippen LogP contribution in [0.15, 0.2) is 24.8 Å². The number of hydrogen-bond donors (Lipinski definition) is 1. The molecule has 0 unspecified atom stereocenters. The predicted octanol–water partition coefficient (Wildman–Crippen LogP) is -0.912. The van der Waals surface area contributed by atoms with Crippen molar-refractivity contribution in [3.8, 4) is 0 Å². The Labute approximate surface area is 99.3 Å². The number of nitrogens with one attached hydrogen (secondary N) is 1. The van der Waals surface area contributed by atoms with Crippen molar-refractivity contribution >= 4 is 45.6 Å². The van der Waals surface area contributed by atoms with Crippen molar-refractivity contribution in [1.82, 2.24) is 5.32 Å². The molecule has 0 rings (SSSR count). The molecule has 0 radical (unpaired) electrons. The van der Waals surface area contributed by atoms with Gasteiger partial charge in [0.1, 0.15) is 6.61 Å². The van der Waals surface area contributed by atoms with Gasteiger partial charge in [0.05, 0.1) is 5.41 Å². The minimum atomic E-state index is -3.76. The van der Waals surface area contributed by atoms with Gasteiger partial charge in [-0.2, -0.15) is 8.42 Å². The molecule has 0 atom stereocenters. The van der Waals surface area contributed by atoms with Crippen LogP contribution in [0.1, 0.15) is 0 Å². The van der Waals surface area contributed by atoms with Gasteiger partial charge in [-0.3, -0.25) is 8.98 Å². The quantitative estimate of drug-likeness (QED) is 0.476. The van der Waals surface area contributed by atoms with Gasteiger partial charge in [0.15, 0.2) is 0 Å². The molecule has 70 valence electrons. The first-order valence-electron chi connectivity index (χ1n) is 2.94. The van der Waals surface area contributed by atoms with Gasteiger partial charge in [0.25, 0.3) is 16.0 Å². The van der Waals surface area contributed by atoms with Crippen molar-refractivity contribution in [1.29, 1.82) is 0 Å². The molecule has 0 saturated carbocycles. The summed E-state index contributed by atoms with van der Waals surface area (Å²) in [7, 11) is -3.76. The van der Waals surface area contributed by atoms with Crippen molar-refractivity contribution in [3.63, 3.8) is 0 Å². The molecule has 0 aromatic rings. The van der Waals surface area contributed by atoms with Gasteiger partial charge in [0, 0.05) is 0 Å². The first kappa shape index (κ1) is 15.3. The third kappa shape index (κ3) is 8.20. The summed E-state index contributed by atoms with van der Waals surface area (Å²) in [5.41, 5.74) is 0. The van der Waals surface area contributed by atoms with E-state index in [0.29, 0.717) is 5.41 Å². The zero-order chi connectivity index (χ0) is 9.61. The molecular formula is C6H10NNaO4S. The Kier molecular flexibility index (Phi) is 8.59. The predicted molar refractivity (Wildman–Crippen MR) is 50.6 cm³/mol. The molecule has 0 bridgehead atoms. The van der Waals surface area contributed by atoms with Crippen LogP contribution < -0.4 is 5.32 Å². The van der Waals surface area contributed by atoms with Crippen molar-refractivity contribution < 1.29 is 17.4 Å². The van der Waals surface area contributed by atoms with Gasteiger partial charge in [-0.1, -0.05) is 13.2 Å². The molecule has 0 heterocycles. The van der Waals surface area contributed by atoms with Crippen molar-refractivity contribution in [2.45, 2.75) is 0 Å². The summed E-state index contributed by atoms with van der Waals surface area (Å²) in [6.45, 7) is 5.63. The molecule has 5 nitrogen and oxygen atoms in total. The van der Waals surface area contributed by atoms with E-state index in [9.17, 15) is 13.2 Å². The van der Waals surface area contributed by atoms with Crippen LogP contribution in [-0.4, -0.2) is 50.5 Å². The van der Waals surface area contributed by atoms with Gasteiger partial charge in [-0.05, 0) is 6.20 Å². The molecule has 0 aromatic carbocycles. The van der Waals surface area contributed by atoms with Crippen molar-refractivity contribution in [3.05, 3.63) is 24.8 Å². The molecular weight excluding hydrogens is 205 g/mol. The molecule has 0 aromatic heterocycles. The van der Waals surface area contributed by atoms with Gasteiger partial charge >= 0.3 is 29.6 Å². The zero-order valence-electron chi connectivity index (χ0n) is 6.32. The van der Waals surface area contributed by atoms with E-state index >= 15 is 0 Å². The number of rotatable bonds is 5. The van der Waals surface area contributed by atoms with E-state index in [0.717, 1.165) is 6.20 Å². The SMILES string of the molecule is C=CNC(=O)COS(=O)(=O)C=C.[NaH]. The fourth-order valence-electron chi connectivity index (χ4n) is 0.339. The first-order valence-corrected chi connectivity index (χ1v) is 4.41. The maximum atomic E-state index is 10.6. The summed E-state index contributed by atoms with van der Waals surface area (Å²) < 4.78 is 25.3. The Bertz CT molecular complexity index is 285. The Balaban J connectivity index is 0. The third-order valence-electron chi connectivity index (χ3n) is 0.821. The standard InChI is InChI=1S/C6H9NO4S.Na.H/c1-3-7-6(8)5-11-12(9,10)4-2;;/h3-4H,1-2,5H2,(H,7,8);;. The zero-order valence-corrected chi connectivity index (χ0v) is 7.13. The molecule has 0 aliphatic rings. The van der Waals surface area contributed by atoms with Crippen LogP contribution in [0.3, 0.4) is 0 Å². The van der Waals surface area contributed by atoms with Crippen LogP contribution in [0.5, 0.6) is 0 Å². The summed E-state index contributed by atoms with van der Waals surface area (Å²) in [5, 5.41) is 2.76. The number of carbonyl (C=O) groups is 1. The molecule has 0 aliphatic carbocycles. The summed E-state index contributed by atoms with van der Waals surface area (Å²) >= 11 is 0. The summed E-state index contributed by atoms with van der Waals surface area (Å²) in [6.07, 6.45) is 1.13.